The number of ether oxygens (including phenoxy) is 3. The first-order valence-electron chi connectivity index (χ1n) is 10.2. The normalized spacial score (nSPS) is 16.6. The predicted octanol–water partition coefficient (Wildman–Crippen LogP) is 5.08. The molecule has 6 heteroatoms. The number of aryl methyl sites for hydroxylation is 1. The van der Waals surface area contributed by atoms with Gasteiger partial charge in [0.2, 0.25) is 5.78 Å². The maximum atomic E-state index is 13.1. The van der Waals surface area contributed by atoms with E-state index in [0.717, 1.165) is 41.2 Å². The Morgan fingerprint density at radius 2 is 2.06 bits per heavy atom. The highest BCUT2D eigenvalue weighted by Crippen LogP contribution is 2.44. The molecular weight excluding hydrogens is 410 g/mol. The van der Waals surface area contributed by atoms with Crippen LogP contribution in [0.25, 0.3) is 6.08 Å². The van der Waals surface area contributed by atoms with E-state index in [9.17, 15) is 4.79 Å². The lowest BCUT2D eigenvalue weighted by molar-refractivity contribution is 0.0951. The quantitative estimate of drug-likeness (QED) is 0.526. The van der Waals surface area contributed by atoms with Crippen LogP contribution in [-0.2, 0) is 13.0 Å². The lowest BCUT2D eigenvalue weighted by Gasteiger charge is -2.30. The molecule has 3 heterocycles. The van der Waals surface area contributed by atoms with E-state index in [0.29, 0.717) is 30.3 Å². The molecule has 0 N–H and O–H groups in total. The minimum absolute atomic E-state index is 0.0816. The molecule has 2 aliphatic rings. The summed E-state index contributed by atoms with van der Waals surface area (Å²) in [5, 5.41) is 2.10. The standard InChI is InChI=1S/C25H23NO4S/c1-16-12-21-20(14-26(15-29-21)10-9-19-4-3-11-31-19)25-23(16)24(27)22(30-25)13-17-5-7-18(28-2)8-6-17/h3-8,11-13H,9-10,14-15H2,1-2H3. The average molecular weight is 434 g/mol. The fraction of sp³-hybridized carbons (Fsp3) is 0.240. The lowest BCUT2D eigenvalue weighted by atomic mass is 9.98. The number of fused-ring (bicyclic) bond motifs is 3. The number of benzene rings is 2. The zero-order valence-corrected chi connectivity index (χ0v) is 18.3. The van der Waals surface area contributed by atoms with E-state index in [1.807, 2.05) is 37.3 Å². The van der Waals surface area contributed by atoms with Crippen molar-refractivity contribution in [2.45, 2.75) is 19.9 Å². The van der Waals surface area contributed by atoms with E-state index in [1.54, 1.807) is 24.5 Å². The minimum Gasteiger partial charge on any atom is -0.497 e. The predicted molar refractivity (Wildman–Crippen MR) is 121 cm³/mol. The van der Waals surface area contributed by atoms with Gasteiger partial charge in [-0.15, -0.1) is 11.3 Å². The van der Waals surface area contributed by atoms with Crippen LogP contribution >= 0.6 is 11.3 Å². The van der Waals surface area contributed by atoms with Crippen molar-refractivity contribution in [1.82, 2.24) is 4.90 Å². The molecule has 31 heavy (non-hydrogen) atoms. The van der Waals surface area contributed by atoms with Gasteiger partial charge in [-0.2, -0.15) is 0 Å². The van der Waals surface area contributed by atoms with Crippen LogP contribution in [0.2, 0.25) is 0 Å². The number of allylic oxidation sites excluding steroid dienone is 1. The molecule has 5 rings (SSSR count). The molecule has 2 aliphatic heterocycles. The Bertz CT molecular complexity index is 1150. The van der Waals surface area contributed by atoms with Crippen molar-refractivity contribution in [1.29, 1.82) is 0 Å². The number of hydrogen-bond acceptors (Lipinski definition) is 6. The number of ketones is 1. The van der Waals surface area contributed by atoms with Crippen LogP contribution in [0.15, 0.2) is 53.6 Å². The van der Waals surface area contributed by atoms with Gasteiger partial charge in [-0.05, 0) is 60.2 Å². The van der Waals surface area contributed by atoms with Gasteiger partial charge in [0.05, 0.1) is 18.2 Å². The fourth-order valence-corrected chi connectivity index (χ4v) is 4.69. The molecule has 0 atom stereocenters. The highest BCUT2D eigenvalue weighted by Gasteiger charge is 2.35. The summed E-state index contributed by atoms with van der Waals surface area (Å²) < 4.78 is 17.4. The Kier molecular flexibility index (Phi) is 5.26. The molecule has 0 saturated carbocycles. The highest BCUT2D eigenvalue weighted by molar-refractivity contribution is 7.09. The maximum absolute atomic E-state index is 13.1. The smallest absolute Gasteiger partial charge is 0.232 e. The summed E-state index contributed by atoms with van der Waals surface area (Å²) in [6, 6.07) is 13.7. The summed E-state index contributed by atoms with van der Waals surface area (Å²) in [6.45, 7) is 4.07. The van der Waals surface area contributed by atoms with E-state index >= 15 is 0 Å². The monoisotopic (exact) mass is 433 g/mol. The summed E-state index contributed by atoms with van der Waals surface area (Å²) in [4.78, 5) is 16.7. The second kappa shape index (κ2) is 8.21. The summed E-state index contributed by atoms with van der Waals surface area (Å²) in [5.74, 6) is 2.48. The second-order valence-corrected chi connectivity index (χ2v) is 8.77. The number of rotatable bonds is 5. The minimum atomic E-state index is -0.0816. The third kappa shape index (κ3) is 3.84. The van der Waals surface area contributed by atoms with Gasteiger partial charge in [0.1, 0.15) is 24.0 Å². The number of hydrogen-bond donors (Lipinski definition) is 0. The molecule has 0 unspecified atom stereocenters. The van der Waals surface area contributed by atoms with E-state index in [-0.39, 0.29) is 5.78 Å². The van der Waals surface area contributed by atoms with Crippen molar-refractivity contribution in [3.05, 3.63) is 80.7 Å². The fourth-order valence-electron chi connectivity index (χ4n) is 3.99. The Morgan fingerprint density at radius 1 is 1.23 bits per heavy atom. The van der Waals surface area contributed by atoms with E-state index in [1.165, 1.54) is 4.88 Å². The van der Waals surface area contributed by atoms with Crippen LogP contribution in [0.4, 0.5) is 0 Å². The molecule has 2 aromatic carbocycles. The van der Waals surface area contributed by atoms with Crippen LogP contribution in [-0.4, -0.2) is 31.1 Å². The summed E-state index contributed by atoms with van der Waals surface area (Å²) in [6.07, 6.45) is 2.76. The Labute approximate surface area is 185 Å². The van der Waals surface area contributed by atoms with Gasteiger partial charge in [0, 0.05) is 18.0 Å². The number of carbonyl (C=O) groups is 1. The van der Waals surface area contributed by atoms with Crippen molar-refractivity contribution in [3.8, 4) is 17.2 Å². The zero-order chi connectivity index (χ0) is 21.4. The molecular formula is C25H23NO4S. The number of methoxy groups -OCH3 is 1. The molecule has 0 aliphatic carbocycles. The largest absolute Gasteiger partial charge is 0.497 e. The third-order valence-electron chi connectivity index (χ3n) is 5.66. The Balaban J connectivity index is 1.41. The average Bonchev–Trinajstić information content (AvgIpc) is 3.42. The van der Waals surface area contributed by atoms with Crippen LogP contribution < -0.4 is 14.2 Å². The highest BCUT2D eigenvalue weighted by atomic mass is 32.1. The van der Waals surface area contributed by atoms with Crippen LogP contribution in [0, 0.1) is 6.92 Å². The van der Waals surface area contributed by atoms with Crippen LogP contribution in [0.5, 0.6) is 17.2 Å². The third-order valence-corrected chi connectivity index (χ3v) is 6.59. The van der Waals surface area contributed by atoms with Crippen molar-refractivity contribution in [2.24, 2.45) is 0 Å². The maximum Gasteiger partial charge on any atom is 0.232 e. The molecule has 5 nitrogen and oxygen atoms in total. The topological polar surface area (TPSA) is 48.0 Å². The molecule has 0 spiro atoms. The molecule has 0 amide bonds. The second-order valence-electron chi connectivity index (χ2n) is 7.74. The first-order chi connectivity index (χ1) is 15.1. The zero-order valence-electron chi connectivity index (χ0n) is 17.5. The van der Waals surface area contributed by atoms with Gasteiger partial charge in [0.15, 0.2) is 5.76 Å². The molecule has 158 valence electrons. The van der Waals surface area contributed by atoms with Crippen molar-refractivity contribution < 1.29 is 19.0 Å². The SMILES string of the molecule is COc1ccc(C=C2Oc3c4c(cc(C)c3C2=O)OCN(CCc2cccs2)C4)cc1. The molecule has 0 saturated heterocycles. The summed E-state index contributed by atoms with van der Waals surface area (Å²) >= 11 is 1.77. The first-order valence-corrected chi connectivity index (χ1v) is 11.1. The van der Waals surface area contributed by atoms with Gasteiger partial charge in [-0.3, -0.25) is 9.69 Å². The van der Waals surface area contributed by atoms with E-state index in [2.05, 4.69) is 22.4 Å². The number of Topliss-reactive ketones (excluding diaryl/α,β-unsaturated/α-hetero) is 1. The van der Waals surface area contributed by atoms with Crippen LogP contribution in [0.3, 0.4) is 0 Å². The van der Waals surface area contributed by atoms with Gasteiger partial charge in [-0.25, -0.2) is 0 Å². The molecule has 0 radical (unpaired) electrons. The lowest BCUT2D eigenvalue weighted by Crippen LogP contribution is -2.33. The first kappa shape index (κ1) is 19.8. The van der Waals surface area contributed by atoms with Gasteiger partial charge in [0.25, 0.3) is 0 Å². The Hall–Kier alpha value is -3.09. The van der Waals surface area contributed by atoms with Crippen LogP contribution in [0.1, 0.15) is 31.9 Å². The Morgan fingerprint density at radius 3 is 2.81 bits per heavy atom. The molecule has 3 aromatic rings. The van der Waals surface area contributed by atoms with Gasteiger partial charge >= 0.3 is 0 Å². The summed E-state index contributed by atoms with van der Waals surface area (Å²) in [7, 11) is 1.63. The van der Waals surface area contributed by atoms with Crippen molar-refractivity contribution in [3.63, 3.8) is 0 Å². The van der Waals surface area contributed by atoms with E-state index < -0.39 is 0 Å². The number of carbonyl (C=O) groups excluding carboxylic acids is 1. The van der Waals surface area contributed by atoms with Gasteiger partial charge < -0.3 is 14.2 Å². The summed E-state index contributed by atoms with van der Waals surface area (Å²) in [5.41, 5.74) is 3.35. The van der Waals surface area contributed by atoms with E-state index in [4.69, 9.17) is 14.2 Å². The molecule has 1 aromatic heterocycles. The number of thiophene rings is 1. The number of nitrogens with zero attached hydrogens (tertiary/aromatic N) is 1. The van der Waals surface area contributed by atoms with Crippen molar-refractivity contribution in [2.75, 3.05) is 20.4 Å². The molecule has 0 bridgehead atoms. The van der Waals surface area contributed by atoms with Gasteiger partial charge in [-0.1, -0.05) is 18.2 Å². The molecule has 0 fully saturated rings. The van der Waals surface area contributed by atoms with Crippen molar-refractivity contribution >= 4 is 23.2 Å².